The Hall–Kier alpha value is -0.730. The van der Waals surface area contributed by atoms with Crippen LogP contribution < -0.4 is 5.32 Å². The van der Waals surface area contributed by atoms with Gasteiger partial charge in [-0.2, -0.15) is 5.26 Å². The lowest BCUT2D eigenvalue weighted by Gasteiger charge is -2.27. The maximum Gasteiger partial charge on any atom is 0.251 e. The molecule has 0 aromatic rings. The van der Waals surface area contributed by atoms with Gasteiger partial charge in [-0.15, -0.1) is 0 Å². The highest BCUT2D eigenvalue weighted by Gasteiger charge is 2.26. The summed E-state index contributed by atoms with van der Waals surface area (Å²) in [5, 5.41) is 12.5. The van der Waals surface area contributed by atoms with Crippen LogP contribution in [-0.2, 0) is 0 Å². The lowest BCUT2D eigenvalue weighted by molar-refractivity contribution is 0.0987. The molecule has 0 aromatic carbocycles. The van der Waals surface area contributed by atoms with Gasteiger partial charge < -0.3 is 4.90 Å². The molecule has 0 fully saturated rings. The molecule has 0 aromatic heterocycles. The molecule has 0 amide bonds. The molecular formula is C13H25F2N3. The normalized spacial score (nSPS) is 14.8. The first kappa shape index (κ1) is 17.3. The number of hydrogen-bond acceptors (Lipinski definition) is 3. The number of rotatable bonds is 10. The number of hydrogen-bond donors (Lipinski definition) is 1. The minimum atomic E-state index is -2.29. The molecule has 3 nitrogen and oxygen atoms in total. The molecule has 0 radical (unpaired) electrons. The largest absolute Gasteiger partial charge is 0.301 e. The summed E-state index contributed by atoms with van der Waals surface area (Å²) < 4.78 is 24.3. The average Bonchev–Trinajstić information content (AvgIpc) is 2.33. The standard InChI is InChI=1S/C13H25F2N3/c1-4-8-17-13(5-2,11-16)7-6-9-18(3)10-12(14)15/h12,17H,4-10H2,1-3H3. The van der Waals surface area contributed by atoms with Crippen molar-refractivity contribution in [2.75, 3.05) is 26.7 Å². The van der Waals surface area contributed by atoms with Crippen molar-refractivity contribution in [1.82, 2.24) is 10.2 Å². The van der Waals surface area contributed by atoms with Crippen LogP contribution in [-0.4, -0.2) is 43.5 Å². The zero-order valence-corrected chi connectivity index (χ0v) is 11.7. The summed E-state index contributed by atoms with van der Waals surface area (Å²) in [6, 6.07) is 2.34. The van der Waals surface area contributed by atoms with Crippen molar-refractivity contribution in [3.63, 3.8) is 0 Å². The van der Waals surface area contributed by atoms with E-state index in [2.05, 4.69) is 18.3 Å². The lowest BCUT2D eigenvalue weighted by Crippen LogP contribution is -2.44. The summed E-state index contributed by atoms with van der Waals surface area (Å²) in [5.41, 5.74) is -0.498. The number of alkyl halides is 2. The summed E-state index contributed by atoms with van der Waals surface area (Å²) in [6.45, 7) is 5.25. The minimum Gasteiger partial charge on any atom is -0.301 e. The van der Waals surface area contributed by atoms with Crippen molar-refractivity contribution >= 4 is 0 Å². The van der Waals surface area contributed by atoms with E-state index in [0.717, 1.165) is 25.8 Å². The van der Waals surface area contributed by atoms with Gasteiger partial charge in [0.25, 0.3) is 6.43 Å². The van der Waals surface area contributed by atoms with Gasteiger partial charge >= 0.3 is 0 Å². The molecule has 0 bridgehead atoms. The predicted octanol–water partition coefficient (Wildman–Crippen LogP) is 2.64. The van der Waals surface area contributed by atoms with Crippen LogP contribution in [0, 0.1) is 11.3 Å². The number of nitrogens with zero attached hydrogens (tertiary/aromatic N) is 2. The Morgan fingerprint density at radius 2 is 2.06 bits per heavy atom. The fourth-order valence-corrected chi connectivity index (χ4v) is 1.91. The van der Waals surface area contributed by atoms with Gasteiger partial charge in [0, 0.05) is 0 Å². The lowest BCUT2D eigenvalue weighted by atomic mass is 9.91. The van der Waals surface area contributed by atoms with Gasteiger partial charge in [-0.3, -0.25) is 5.32 Å². The summed E-state index contributed by atoms with van der Waals surface area (Å²) in [4.78, 5) is 1.61. The Kier molecular flexibility index (Phi) is 8.86. The van der Waals surface area contributed by atoms with Gasteiger partial charge in [-0.1, -0.05) is 13.8 Å². The second-order valence-corrected chi connectivity index (χ2v) is 4.73. The molecule has 0 spiro atoms. The molecule has 0 heterocycles. The molecular weight excluding hydrogens is 236 g/mol. The topological polar surface area (TPSA) is 39.1 Å². The summed E-state index contributed by atoms with van der Waals surface area (Å²) >= 11 is 0. The SMILES string of the molecule is CCCNC(C#N)(CC)CCCN(C)CC(F)F. The highest BCUT2D eigenvalue weighted by atomic mass is 19.3. The predicted molar refractivity (Wildman–Crippen MR) is 69.7 cm³/mol. The van der Waals surface area contributed by atoms with Gasteiger partial charge in [-0.25, -0.2) is 8.78 Å². The molecule has 0 aliphatic carbocycles. The summed E-state index contributed by atoms with van der Waals surface area (Å²) in [6.07, 6.45) is 0.881. The number of nitriles is 1. The van der Waals surface area contributed by atoms with Gasteiger partial charge in [-0.05, 0) is 45.8 Å². The molecule has 1 atom stereocenters. The van der Waals surface area contributed by atoms with E-state index in [0.29, 0.717) is 13.0 Å². The fraction of sp³-hybridized carbons (Fsp3) is 0.923. The highest BCUT2D eigenvalue weighted by Crippen LogP contribution is 2.17. The minimum absolute atomic E-state index is 0.200. The van der Waals surface area contributed by atoms with Gasteiger partial charge in [0.1, 0.15) is 5.54 Å². The zero-order chi connectivity index (χ0) is 14.0. The molecule has 18 heavy (non-hydrogen) atoms. The van der Waals surface area contributed by atoms with Gasteiger partial charge in [0.2, 0.25) is 0 Å². The van der Waals surface area contributed by atoms with Gasteiger partial charge in [0.15, 0.2) is 0 Å². The van der Waals surface area contributed by atoms with E-state index in [4.69, 9.17) is 0 Å². The first-order valence-electron chi connectivity index (χ1n) is 6.62. The van der Waals surface area contributed by atoms with Crippen molar-refractivity contribution in [3.8, 4) is 6.07 Å². The molecule has 0 saturated heterocycles. The van der Waals surface area contributed by atoms with Crippen LogP contribution in [0.5, 0.6) is 0 Å². The van der Waals surface area contributed by atoms with Crippen molar-refractivity contribution < 1.29 is 8.78 Å². The second-order valence-electron chi connectivity index (χ2n) is 4.73. The third kappa shape index (κ3) is 6.87. The molecule has 1 unspecified atom stereocenters. The second kappa shape index (κ2) is 9.23. The molecule has 0 saturated carbocycles. The first-order chi connectivity index (χ1) is 8.49. The highest BCUT2D eigenvalue weighted by molar-refractivity contribution is 5.06. The maximum atomic E-state index is 12.1. The summed E-state index contributed by atoms with van der Waals surface area (Å²) in [5.74, 6) is 0. The molecule has 0 rings (SSSR count). The van der Waals surface area contributed by atoms with E-state index in [1.165, 1.54) is 0 Å². The average molecular weight is 261 g/mol. The fourth-order valence-electron chi connectivity index (χ4n) is 1.91. The van der Waals surface area contributed by atoms with Crippen molar-refractivity contribution in [2.24, 2.45) is 0 Å². The molecule has 1 N–H and O–H groups in total. The van der Waals surface area contributed by atoms with Crippen LogP contribution in [0.15, 0.2) is 0 Å². The number of halogens is 2. The van der Waals surface area contributed by atoms with Crippen molar-refractivity contribution in [3.05, 3.63) is 0 Å². The molecule has 0 aliphatic heterocycles. The molecule has 106 valence electrons. The van der Waals surface area contributed by atoms with Crippen LogP contribution in [0.25, 0.3) is 0 Å². The Morgan fingerprint density at radius 3 is 2.50 bits per heavy atom. The maximum absolute atomic E-state index is 12.1. The Morgan fingerprint density at radius 1 is 1.39 bits per heavy atom. The third-order valence-corrected chi connectivity index (χ3v) is 3.12. The van der Waals surface area contributed by atoms with Gasteiger partial charge in [0.05, 0.1) is 12.6 Å². The van der Waals surface area contributed by atoms with E-state index in [1.807, 2.05) is 6.92 Å². The Labute approximate surface area is 109 Å². The van der Waals surface area contributed by atoms with Crippen LogP contribution in [0.3, 0.4) is 0 Å². The smallest absolute Gasteiger partial charge is 0.251 e. The van der Waals surface area contributed by atoms with Crippen LogP contribution >= 0.6 is 0 Å². The van der Waals surface area contributed by atoms with Crippen LogP contribution in [0.1, 0.15) is 39.5 Å². The summed E-state index contributed by atoms with van der Waals surface area (Å²) in [7, 11) is 1.69. The number of nitrogens with one attached hydrogen (secondary N) is 1. The Balaban J connectivity index is 4.08. The quantitative estimate of drug-likeness (QED) is 0.657. The van der Waals surface area contributed by atoms with Crippen LogP contribution in [0.2, 0.25) is 0 Å². The van der Waals surface area contributed by atoms with E-state index in [1.54, 1.807) is 11.9 Å². The van der Waals surface area contributed by atoms with E-state index < -0.39 is 12.0 Å². The zero-order valence-electron chi connectivity index (χ0n) is 11.7. The molecule has 0 aliphatic rings. The van der Waals surface area contributed by atoms with Crippen LogP contribution in [0.4, 0.5) is 8.78 Å². The third-order valence-electron chi connectivity index (χ3n) is 3.12. The van der Waals surface area contributed by atoms with Crippen molar-refractivity contribution in [1.29, 1.82) is 5.26 Å². The Bertz CT molecular complexity index is 253. The van der Waals surface area contributed by atoms with E-state index >= 15 is 0 Å². The molecule has 5 heteroatoms. The van der Waals surface area contributed by atoms with E-state index in [-0.39, 0.29) is 6.54 Å². The van der Waals surface area contributed by atoms with E-state index in [9.17, 15) is 14.0 Å². The monoisotopic (exact) mass is 261 g/mol. The first-order valence-corrected chi connectivity index (χ1v) is 6.62. The van der Waals surface area contributed by atoms with Crippen molar-refractivity contribution in [2.45, 2.75) is 51.5 Å².